The van der Waals surface area contributed by atoms with E-state index in [9.17, 15) is 8.42 Å². The van der Waals surface area contributed by atoms with Gasteiger partial charge in [-0.2, -0.15) is 0 Å². The smallest absolute Gasteiger partial charge is 0.154 e. The molecule has 0 unspecified atom stereocenters. The highest BCUT2D eigenvalue weighted by atomic mass is 32.2. The van der Waals surface area contributed by atoms with E-state index < -0.39 is 15.1 Å². The second-order valence-corrected chi connectivity index (χ2v) is 7.20. The Morgan fingerprint density at radius 1 is 1.35 bits per heavy atom. The first kappa shape index (κ1) is 12.5. The van der Waals surface area contributed by atoms with Crippen molar-refractivity contribution in [1.29, 1.82) is 0 Å². The second kappa shape index (κ2) is 4.38. The summed E-state index contributed by atoms with van der Waals surface area (Å²) in [6, 6.07) is 9.58. The molecule has 3 nitrogen and oxygen atoms in total. The maximum absolute atomic E-state index is 11.9. The van der Waals surface area contributed by atoms with E-state index in [1.165, 1.54) is 0 Å². The molecule has 3 atom stereocenters. The molecule has 0 aliphatic heterocycles. The van der Waals surface area contributed by atoms with Gasteiger partial charge in [0, 0.05) is 17.6 Å². The molecule has 0 spiro atoms. The van der Waals surface area contributed by atoms with E-state index in [4.69, 9.17) is 18.0 Å². The molecule has 0 saturated heterocycles. The van der Waals surface area contributed by atoms with Gasteiger partial charge in [-0.15, -0.1) is 0 Å². The van der Waals surface area contributed by atoms with Crippen LogP contribution in [0.1, 0.15) is 18.4 Å². The Morgan fingerprint density at radius 3 is 2.41 bits per heavy atom. The lowest BCUT2D eigenvalue weighted by molar-refractivity contribution is 0.594. The van der Waals surface area contributed by atoms with Crippen molar-refractivity contribution in [3.05, 3.63) is 35.9 Å². The minimum atomic E-state index is -3.08. The summed E-state index contributed by atoms with van der Waals surface area (Å²) in [4.78, 5) is 0.306. The van der Waals surface area contributed by atoms with Crippen LogP contribution < -0.4 is 5.73 Å². The Morgan fingerprint density at radius 2 is 1.94 bits per heavy atom. The van der Waals surface area contributed by atoms with Crippen molar-refractivity contribution in [2.75, 3.05) is 5.75 Å². The van der Waals surface area contributed by atoms with E-state index in [0.717, 1.165) is 5.56 Å². The molecule has 2 N–H and O–H groups in total. The summed E-state index contributed by atoms with van der Waals surface area (Å²) in [7, 11) is -3.08. The zero-order chi connectivity index (χ0) is 12.6. The molecule has 92 valence electrons. The maximum Gasteiger partial charge on any atom is 0.154 e. The molecule has 0 bridgehead atoms. The molecular formula is C12H15NO2S2. The zero-order valence-electron chi connectivity index (χ0n) is 9.54. The van der Waals surface area contributed by atoms with E-state index in [-0.39, 0.29) is 17.6 Å². The largest absolute Gasteiger partial charge is 0.393 e. The van der Waals surface area contributed by atoms with E-state index >= 15 is 0 Å². The average molecular weight is 269 g/mol. The molecule has 0 aromatic heterocycles. The lowest BCUT2D eigenvalue weighted by Crippen LogP contribution is -2.18. The number of hydrogen-bond donors (Lipinski definition) is 1. The Labute approximate surface area is 107 Å². The van der Waals surface area contributed by atoms with Crippen molar-refractivity contribution in [2.45, 2.75) is 18.1 Å². The SMILES string of the molecule is CCS(=O)(=O)[C@@H]1[C@H](C(N)=S)[C@H]1c1ccccc1. The molecule has 0 amide bonds. The van der Waals surface area contributed by atoms with Gasteiger partial charge in [0.25, 0.3) is 0 Å². The summed E-state index contributed by atoms with van der Waals surface area (Å²) in [6.07, 6.45) is 0. The summed E-state index contributed by atoms with van der Waals surface area (Å²) in [5.74, 6) is -0.115. The number of sulfone groups is 1. The molecule has 1 fully saturated rings. The van der Waals surface area contributed by atoms with Crippen molar-refractivity contribution in [2.24, 2.45) is 11.7 Å². The first-order chi connectivity index (χ1) is 7.99. The van der Waals surface area contributed by atoms with Crippen LogP contribution in [0.2, 0.25) is 0 Å². The average Bonchev–Trinajstić information content (AvgIpc) is 3.06. The summed E-state index contributed by atoms with van der Waals surface area (Å²) >= 11 is 4.97. The fourth-order valence-electron chi connectivity index (χ4n) is 2.33. The third-order valence-corrected chi connectivity index (χ3v) is 5.78. The first-order valence-electron chi connectivity index (χ1n) is 5.55. The molecule has 1 aliphatic carbocycles. The summed E-state index contributed by atoms with van der Waals surface area (Å²) < 4.78 is 23.9. The van der Waals surface area contributed by atoms with Crippen LogP contribution in [0.25, 0.3) is 0 Å². The van der Waals surface area contributed by atoms with Gasteiger partial charge in [0.05, 0.1) is 10.2 Å². The van der Waals surface area contributed by atoms with Gasteiger partial charge in [-0.1, -0.05) is 49.5 Å². The monoisotopic (exact) mass is 269 g/mol. The van der Waals surface area contributed by atoms with Gasteiger partial charge in [0.15, 0.2) is 9.84 Å². The summed E-state index contributed by atoms with van der Waals surface area (Å²) in [5.41, 5.74) is 6.64. The van der Waals surface area contributed by atoms with Gasteiger partial charge in [-0.25, -0.2) is 8.42 Å². The molecule has 1 aromatic rings. The van der Waals surface area contributed by atoms with Gasteiger partial charge in [-0.05, 0) is 5.56 Å². The van der Waals surface area contributed by atoms with Crippen molar-refractivity contribution in [1.82, 2.24) is 0 Å². The summed E-state index contributed by atoms with van der Waals surface area (Å²) in [5, 5.41) is -0.424. The Hall–Kier alpha value is -0.940. The zero-order valence-corrected chi connectivity index (χ0v) is 11.2. The lowest BCUT2D eigenvalue weighted by Gasteiger charge is -1.99. The van der Waals surface area contributed by atoms with Gasteiger partial charge in [0.1, 0.15) is 0 Å². The van der Waals surface area contributed by atoms with Gasteiger partial charge in [-0.3, -0.25) is 0 Å². The first-order valence-corrected chi connectivity index (χ1v) is 7.67. The molecule has 2 rings (SSSR count). The van der Waals surface area contributed by atoms with Crippen LogP contribution in [0.15, 0.2) is 30.3 Å². The maximum atomic E-state index is 11.9. The minimum Gasteiger partial charge on any atom is -0.393 e. The van der Waals surface area contributed by atoms with Crippen molar-refractivity contribution >= 4 is 27.0 Å². The second-order valence-electron chi connectivity index (χ2n) is 4.28. The van der Waals surface area contributed by atoms with Gasteiger partial charge in [0.2, 0.25) is 0 Å². The molecule has 17 heavy (non-hydrogen) atoms. The predicted octanol–water partition coefficient (Wildman–Crippen LogP) is 1.49. The lowest BCUT2D eigenvalue weighted by atomic mass is 10.1. The van der Waals surface area contributed by atoms with Gasteiger partial charge < -0.3 is 5.73 Å². The van der Waals surface area contributed by atoms with Crippen LogP contribution in [0.3, 0.4) is 0 Å². The third-order valence-electron chi connectivity index (χ3n) is 3.28. The van der Waals surface area contributed by atoms with Crippen molar-refractivity contribution in [3.63, 3.8) is 0 Å². The Bertz CT molecular complexity index is 525. The fraction of sp³-hybridized carbons (Fsp3) is 0.417. The normalized spacial score (nSPS) is 27.7. The molecular weight excluding hydrogens is 254 g/mol. The quantitative estimate of drug-likeness (QED) is 0.841. The number of benzene rings is 1. The molecule has 0 radical (unpaired) electrons. The summed E-state index contributed by atoms with van der Waals surface area (Å²) in [6.45, 7) is 1.66. The van der Waals surface area contributed by atoms with Crippen LogP contribution >= 0.6 is 12.2 Å². The van der Waals surface area contributed by atoms with Crippen LogP contribution in [-0.4, -0.2) is 24.4 Å². The highest BCUT2D eigenvalue weighted by Crippen LogP contribution is 2.52. The molecule has 1 saturated carbocycles. The number of hydrogen-bond acceptors (Lipinski definition) is 3. The number of thiocarbonyl (C=S) groups is 1. The van der Waals surface area contributed by atoms with Gasteiger partial charge >= 0.3 is 0 Å². The predicted molar refractivity (Wildman–Crippen MR) is 72.7 cm³/mol. The van der Waals surface area contributed by atoms with E-state index in [2.05, 4.69) is 0 Å². The molecule has 5 heteroatoms. The van der Waals surface area contributed by atoms with E-state index in [0.29, 0.717) is 4.99 Å². The number of nitrogens with two attached hydrogens (primary N) is 1. The number of rotatable bonds is 4. The van der Waals surface area contributed by atoms with Crippen LogP contribution in [0.4, 0.5) is 0 Å². The highest BCUT2D eigenvalue weighted by molar-refractivity contribution is 7.92. The van der Waals surface area contributed by atoms with Crippen LogP contribution in [-0.2, 0) is 9.84 Å². The van der Waals surface area contributed by atoms with E-state index in [1.807, 2.05) is 30.3 Å². The Kier molecular flexibility index (Phi) is 3.23. The van der Waals surface area contributed by atoms with Crippen molar-refractivity contribution < 1.29 is 8.42 Å². The fourth-order valence-corrected chi connectivity index (χ4v) is 4.54. The highest BCUT2D eigenvalue weighted by Gasteiger charge is 2.59. The van der Waals surface area contributed by atoms with Crippen LogP contribution in [0.5, 0.6) is 0 Å². The third kappa shape index (κ3) is 2.21. The molecule has 0 heterocycles. The van der Waals surface area contributed by atoms with Crippen LogP contribution in [0, 0.1) is 5.92 Å². The minimum absolute atomic E-state index is 0.0568. The topological polar surface area (TPSA) is 60.2 Å². The Balaban J connectivity index is 2.34. The van der Waals surface area contributed by atoms with Crippen molar-refractivity contribution in [3.8, 4) is 0 Å². The molecule has 1 aromatic carbocycles. The van der Waals surface area contributed by atoms with E-state index in [1.54, 1.807) is 6.92 Å². The standard InChI is InChI=1S/C12H15NO2S2/c1-2-17(14,15)11-9(10(11)12(13)16)8-6-4-3-5-7-8/h3-7,9-11H,2H2,1H3,(H2,13,16)/t9-,10-,11+/m1/s1. The molecule has 1 aliphatic rings.